The number of hydrogen-bond donors (Lipinski definition) is 0. The molecule has 4 rings (SSSR count). The van der Waals surface area contributed by atoms with Crippen LogP contribution in [0, 0.1) is 0 Å². The molecule has 0 N–H and O–H groups in total. The van der Waals surface area contributed by atoms with Crippen LogP contribution < -0.4 is 4.74 Å². The largest absolute Gasteiger partial charge is 0.470 e. The van der Waals surface area contributed by atoms with Gasteiger partial charge >= 0.3 is 0 Å². The summed E-state index contributed by atoms with van der Waals surface area (Å²) in [7, 11) is 1.85. The lowest BCUT2D eigenvalue weighted by atomic mass is 10.0. The zero-order valence-electron chi connectivity index (χ0n) is 14.7. The second-order valence-electron chi connectivity index (χ2n) is 7.19. The fourth-order valence-corrected chi connectivity index (χ4v) is 4.25. The van der Waals surface area contributed by atoms with E-state index in [1.165, 1.54) is 0 Å². The van der Waals surface area contributed by atoms with Gasteiger partial charge in [0.1, 0.15) is 11.7 Å². The van der Waals surface area contributed by atoms with Crippen molar-refractivity contribution in [2.24, 2.45) is 0 Å². The zero-order valence-corrected chi connectivity index (χ0v) is 14.7. The molecule has 4 heterocycles. The van der Waals surface area contributed by atoms with Gasteiger partial charge in [0.2, 0.25) is 11.8 Å². The second-order valence-corrected chi connectivity index (χ2v) is 7.19. The molecule has 25 heavy (non-hydrogen) atoms. The van der Waals surface area contributed by atoms with E-state index >= 15 is 0 Å². The minimum absolute atomic E-state index is 0.0242. The van der Waals surface area contributed by atoms with E-state index in [9.17, 15) is 9.59 Å². The molecule has 1 aromatic heterocycles. The van der Waals surface area contributed by atoms with Gasteiger partial charge in [-0.3, -0.25) is 14.5 Å². The van der Waals surface area contributed by atoms with E-state index in [4.69, 9.17) is 4.74 Å². The lowest BCUT2D eigenvalue weighted by molar-refractivity contribution is -0.130. The number of pyridine rings is 1. The number of amides is 2. The molecule has 2 amide bonds. The number of piperidine rings is 1. The minimum atomic E-state index is -0.0593. The molecule has 0 radical (unpaired) electrons. The van der Waals surface area contributed by atoms with Gasteiger partial charge < -0.3 is 14.5 Å². The number of aromatic nitrogens is 1. The maximum Gasteiger partial charge on any atom is 0.259 e. The van der Waals surface area contributed by atoms with Crippen molar-refractivity contribution < 1.29 is 14.3 Å². The molecule has 1 aromatic rings. The van der Waals surface area contributed by atoms with E-state index < -0.39 is 0 Å². The van der Waals surface area contributed by atoms with Gasteiger partial charge in [0.25, 0.3) is 5.91 Å². The van der Waals surface area contributed by atoms with Gasteiger partial charge in [0.15, 0.2) is 0 Å². The van der Waals surface area contributed by atoms with Crippen molar-refractivity contribution in [1.29, 1.82) is 0 Å². The number of rotatable bonds is 1. The standard InChI is InChI=1S/C18H24N4O3/c1-12(23)21-8-5-13(6-9-21)22-10-15-16(11-22)25-17-14(4-3-7-19-17)18(24)20(15)2/h3-4,7,13,15-16H,5-6,8-11H2,1-2H3/t15-,16+/m1/s1. The molecule has 3 aliphatic rings. The Kier molecular flexibility index (Phi) is 4.11. The molecule has 134 valence electrons. The van der Waals surface area contributed by atoms with Crippen molar-refractivity contribution in [3.63, 3.8) is 0 Å². The highest BCUT2D eigenvalue weighted by molar-refractivity contribution is 5.96. The predicted molar refractivity (Wildman–Crippen MR) is 91.4 cm³/mol. The van der Waals surface area contributed by atoms with E-state index in [1.54, 1.807) is 25.3 Å². The van der Waals surface area contributed by atoms with E-state index in [1.807, 2.05) is 16.8 Å². The van der Waals surface area contributed by atoms with Gasteiger partial charge in [-0.2, -0.15) is 0 Å². The summed E-state index contributed by atoms with van der Waals surface area (Å²) in [5.41, 5.74) is 0.542. The number of nitrogens with zero attached hydrogens (tertiary/aromatic N) is 4. The smallest absolute Gasteiger partial charge is 0.259 e. The highest BCUT2D eigenvalue weighted by Crippen LogP contribution is 2.31. The Balaban J connectivity index is 1.48. The topological polar surface area (TPSA) is 66.0 Å². The molecule has 0 saturated carbocycles. The summed E-state index contributed by atoms with van der Waals surface area (Å²) in [4.78, 5) is 34.6. The monoisotopic (exact) mass is 344 g/mol. The van der Waals surface area contributed by atoms with Crippen molar-refractivity contribution in [2.75, 3.05) is 33.2 Å². The van der Waals surface area contributed by atoms with Crippen molar-refractivity contribution in [3.05, 3.63) is 23.9 Å². The highest BCUT2D eigenvalue weighted by atomic mass is 16.5. The summed E-state index contributed by atoms with van der Waals surface area (Å²) in [6.45, 7) is 4.86. The Bertz CT molecular complexity index is 687. The van der Waals surface area contributed by atoms with Crippen LogP contribution in [0.25, 0.3) is 0 Å². The van der Waals surface area contributed by atoms with E-state index in [-0.39, 0.29) is 24.0 Å². The maximum absolute atomic E-state index is 12.7. The summed E-state index contributed by atoms with van der Waals surface area (Å²) in [6.07, 6.45) is 3.56. The van der Waals surface area contributed by atoms with Crippen LogP contribution in [0.15, 0.2) is 18.3 Å². The van der Waals surface area contributed by atoms with Gasteiger partial charge in [0.05, 0.1) is 6.04 Å². The van der Waals surface area contributed by atoms with Crippen molar-refractivity contribution >= 4 is 11.8 Å². The molecule has 7 nitrogen and oxygen atoms in total. The van der Waals surface area contributed by atoms with E-state index in [0.717, 1.165) is 39.0 Å². The molecule has 7 heteroatoms. The minimum Gasteiger partial charge on any atom is -0.470 e. The summed E-state index contributed by atoms with van der Waals surface area (Å²) < 4.78 is 6.12. The second kappa shape index (κ2) is 6.29. The summed E-state index contributed by atoms with van der Waals surface area (Å²) >= 11 is 0. The lowest BCUT2D eigenvalue weighted by Crippen LogP contribution is -2.47. The first-order chi connectivity index (χ1) is 12.0. The summed E-state index contributed by atoms with van der Waals surface area (Å²) in [6, 6.07) is 4.02. The number of carbonyl (C=O) groups is 2. The molecular formula is C18H24N4O3. The molecule has 0 aliphatic carbocycles. The van der Waals surface area contributed by atoms with Crippen molar-refractivity contribution in [1.82, 2.24) is 19.7 Å². The molecule has 2 fully saturated rings. The third-order valence-electron chi connectivity index (χ3n) is 5.77. The van der Waals surface area contributed by atoms with Gasteiger partial charge in [-0.15, -0.1) is 0 Å². The zero-order chi connectivity index (χ0) is 17.6. The SMILES string of the molecule is CC(=O)N1CCC(N2C[C@@H]3Oc4ncccc4C(=O)N(C)[C@@H]3C2)CC1. The Morgan fingerprint density at radius 2 is 2.04 bits per heavy atom. The van der Waals surface area contributed by atoms with E-state index in [0.29, 0.717) is 17.5 Å². The molecule has 2 saturated heterocycles. The third-order valence-corrected chi connectivity index (χ3v) is 5.77. The molecule has 0 aromatic carbocycles. The Morgan fingerprint density at radius 1 is 1.28 bits per heavy atom. The van der Waals surface area contributed by atoms with Crippen LogP contribution in [0.5, 0.6) is 5.88 Å². The molecule has 0 unspecified atom stereocenters. The van der Waals surface area contributed by atoms with Crippen LogP contribution in [0.3, 0.4) is 0 Å². The number of hydrogen-bond acceptors (Lipinski definition) is 5. The normalized spacial score (nSPS) is 27.5. The quantitative estimate of drug-likeness (QED) is 0.747. The van der Waals surface area contributed by atoms with Gasteiger partial charge in [0, 0.05) is 52.4 Å². The predicted octanol–water partition coefficient (Wildman–Crippen LogP) is 0.610. The van der Waals surface area contributed by atoms with Gasteiger partial charge in [-0.1, -0.05) is 0 Å². The Morgan fingerprint density at radius 3 is 2.76 bits per heavy atom. The number of likely N-dealkylation sites (tertiary alicyclic amines) is 2. The van der Waals surface area contributed by atoms with Crippen molar-refractivity contribution in [2.45, 2.75) is 38.0 Å². The molecule has 0 spiro atoms. The third kappa shape index (κ3) is 2.86. The average Bonchev–Trinajstić information content (AvgIpc) is 3.01. The molecular weight excluding hydrogens is 320 g/mol. The first-order valence-electron chi connectivity index (χ1n) is 8.93. The van der Waals surface area contributed by atoms with Crippen LogP contribution in [0.4, 0.5) is 0 Å². The van der Waals surface area contributed by atoms with Gasteiger partial charge in [-0.25, -0.2) is 4.98 Å². The molecule has 3 aliphatic heterocycles. The summed E-state index contributed by atoms with van der Waals surface area (Å²) in [5, 5.41) is 0. The van der Waals surface area contributed by atoms with Gasteiger partial charge in [-0.05, 0) is 25.0 Å². The Hall–Kier alpha value is -2.15. The fourth-order valence-electron chi connectivity index (χ4n) is 4.25. The highest BCUT2D eigenvalue weighted by Gasteiger charge is 2.44. The number of fused-ring (bicyclic) bond motifs is 2. The fraction of sp³-hybridized carbons (Fsp3) is 0.611. The molecule has 2 atom stereocenters. The molecule has 0 bridgehead atoms. The van der Waals surface area contributed by atoms with Crippen LogP contribution in [0.2, 0.25) is 0 Å². The van der Waals surface area contributed by atoms with Crippen LogP contribution >= 0.6 is 0 Å². The van der Waals surface area contributed by atoms with Crippen LogP contribution in [0.1, 0.15) is 30.1 Å². The first-order valence-corrected chi connectivity index (χ1v) is 8.93. The van der Waals surface area contributed by atoms with Crippen LogP contribution in [-0.4, -0.2) is 82.9 Å². The number of carbonyl (C=O) groups excluding carboxylic acids is 2. The van der Waals surface area contributed by atoms with E-state index in [2.05, 4.69) is 9.88 Å². The average molecular weight is 344 g/mol. The number of likely N-dealkylation sites (N-methyl/N-ethyl adjacent to an activating group) is 1. The number of ether oxygens (including phenoxy) is 1. The maximum atomic E-state index is 12.7. The lowest BCUT2D eigenvalue weighted by Gasteiger charge is -2.36. The summed E-state index contributed by atoms with van der Waals surface area (Å²) in [5.74, 6) is 0.574. The first kappa shape index (κ1) is 16.3. The van der Waals surface area contributed by atoms with Crippen molar-refractivity contribution in [3.8, 4) is 5.88 Å². The van der Waals surface area contributed by atoms with Crippen LogP contribution in [-0.2, 0) is 4.79 Å². The Labute approximate surface area is 147 Å².